The topological polar surface area (TPSA) is 88.6 Å². The van der Waals surface area contributed by atoms with Crippen LogP contribution < -0.4 is 10.1 Å². The van der Waals surface area contributed by atoms with E-state index in [0.717, 1.165) is 17.9 Å². The summed E-state index contributed by atoms with van der Waals surface area (Å²) in [5, 5.41) is 9.75. The standard InChI is InChI=1S/C12H18N6O/c1-8(2)19-11-6-9(3)16-12(17-11)13-5-4-10-14-7-15-18-10/h6-8H,4-5H2,1-3H3,(H,13,16,17)(H,14,15,18). The van der Waals surface area contributed by atoms with Gasteiger partial charge in [0.05, 0.1) is 6.10 Å². The smallest absolute Gasteiger partial charge is 0.226 e. The number of hydrogen-bond donors (Lipinski definition) is 2. The minimum absolute atomic E-state index is 0.0938. The van der Waals surface area contributed by atoms with Crippen molar-refractivity contribution in [1.29, 1.82) is 0 Å². The van der Waals surface area contributed by atoms with E-state index in [9.17, 15) is 0 Å². The van der Waals surface area contributed by atoms with Crippen LogP contribution in [0.1, 0.15) is 25.4 Å². The number of H-pyrrole nitrogens is 1. The minimum atomic E-state index is 0.0938. The van der Waals surface area contributed by atoms with E-state index in [1.807, 2.05) is 26.8 Å². The molecule has 0 aromatic carbocycles. The first-order valence-electron chi connectivity index (χ1n) is 6.24. The molecule has 7 nitrogen and oxygen atoms in total. The maximum atomic E-state index is 5.57. The van der Waals surface area contributed by atoms with Gasteiger partial charge in [0.15, 0.2) is 0 Å². The Kier molecular flexibility index (Phi) is 4.27. The van der Waals surface area contributed by atoms with Crippen LogP contribution in [-0.2, 0) is 6.42 Å². The van der Waals surface area contributed by atoms with Crippen LogP contribution in [0.3, 0.4) is 0 Å². The molecule has 2 N–H and O–H groups in total. The first kappa shape index (κ1) is 13.3. The molecule has 0 fully saturated rings. The van der Waals surface area contributed by atoms with Gasteiger partial charge in [-0.3, -0.25) is 5.10 Å². The van der Waals surface area contributed by atoms with Gasteiger partial charge in [-0.15, -0.1) is 0 Å². The molecule has 19 heavy (non-hydrogen) atoms. The largest absolute Gasteiger partial charge is 0.475 e. The molecule has 102 valence electrons. The van der Waals surface area contributed by atoms with E-state index in [4.69, 9.17) is 4.74 Å². The predicted octanol–water partition coefficient (Wildman–Crippen LogP) is 1.34. The van der Waals surface area contributed by atoms with Crippen molar-refractivity contribution >= 4 is 5.95 Å². The molecule has 0 aliphatic heterocycles. The van der Waals surface area contributed by atoms with Gasteiger partial charge in [0, 0.05) is 24.7 Å². The van der Waals surface area contributed by atoms with Crippen molar-refractivity contribution in [1.82, 2.24) is 25.1 Å². The van der Waals surface area contributed by atoms with Crippen molar-refractivity contribution in [2.24, 2.45) is 0 Å². The summed E-state index contributed by atoms with van der Waals surface area (Å²) < 4.78 is 5.57. The molecule has 0 amide bonds. The van der Waals surface area contributed by atoms with E-state index in [1.165, 1.54) is 6.33 Å². The summed E-state index contributed by atoms with van der Waals surface area (Å²) >= 11 is 0. The third kappa shape index (κ3) is 4.20. The summed E-state index contributed by atoms with van der Waals surface area (Å²) in [6.45, 7) is 6.53. The van der Waals surface area contributed by atoms with Gasteiger partial charge in [-0.1, -0.05) is 0 Å². The number of nitrogens with one attached hydrogen (secondary N) is 2. The number of rotatable bonds is 6. The molecule has 0 aliphatic carbocycles. The molecule has 0 aliphatic rings. The molecule has 0 atom stereocenters. The number of nitrogens with zero attached hydrogens (tertiary/aromatic N) is 4. The molecule has 2 heterocycles. The van der Waals surface area contributed by atoms with Gasteiger partial charge >= 0.3 is 0 Å². The maximum absolute atomic E-state index is 5.57. The molecule has 0 saturated carbocycles. The van der Waals surface area contributed by atoms with Crippen molar-refractivity contribution in [3.05, 3.63) is 23.9 Å². The normalized spacial score (nSPS) is 10.7. The molecular formula is C12H18N6O. The molecule has 0 saturated heterocycles. The van der Waals surface area contributed by atoms with E-state index in [1.54, 1.807) is 0 Å². The summed E-state index contributed by atoms with van der Waals surface area (Å²) in [5.74, 6) is 1.98. The zero-order chi connectivity index (χ0) is 13.7. The van der Waals surface area contributed by atoms with E-state index in [-0.39, 0.29) is 6.10 Å². The summed E-state index contributed by atoms with van der Waals surface area (Å²) in [7, 11) is 0. The SMILES string of the molecule is Cc1cc(OC(C)C)nc(NCCc2ncn[nH]2)n1. The summed E-state index contributed by atoms with van der Waals surface area (Å²) in [4.78, 5) is 12.7. The lowest BCUT2D eigenvalue weighted by molar-refractivity contribution is 0.232. The lowest BCUT2D eigenvalue weighted by atomic mass is 10.4. The van der Waals surface area contributed by atoms with Crippen LogP contribution >= 0.6 is 0 Å². The van der Waals surface area contributed by atoms with Crippen molar-refractivity contribution in [3.8, 4) is 5.88 Å². The maximum Gasteiger partial charge on any atom is 0.226 e. The fraction of sp³-hybridized carbons (Fsp3) is 0.500. The summed E-state index contributed by atoms with van der Waals surface area (Å²) in [6.07, 6.45) is 2.32. The third-order valence-corrected chi connectivity index (χ3v) is 2.30. The average Bonchev–Trinajstić information content (AvgIpc) is 2.80. The second-order valence-electron chi connectivity index (χ2n) is 4.45. The van der Waals surface area contributed by atoms with Gasteiger partial charge in [0.1, 0.15) is 12.2 Å². The molecule has 2 aromatic rings. The molecule has 0 radical (unpaired) electrons. The number of aromatic nitrogens is 5. The fourth-order valence-electron chi connectivity index (χ4n) is 1.56. The summed E-state index contributed by atoms with van der Waals surface area (Å²) in [5.41, 5.74) is 0.868. The lowest BCUT2D eigenvalue weighted by Gasteiger charge is -2.11. The highest BCUT2D eigenvalue weighted by molar-refractivity contribution is 5.30. The minimum Gasteiger partial charge on any atom is -0.475 e. The average molecular weight is 262 g/mol. The quantitative estimate of drug-likeness (QED) is 0.816. The van der Waals surface area contributed by atoms with Crippen LogP contribution in [0.2, 0.25) is 0 Å². The van der Waals surface area contributed by atoms with Crippen LogP contribution in [0.5, 0.6) is 5.88 Å². The predicted molar refractivity (Wildman–Crippen MR) is 71.1 cm³/mol. The highest BCUT2D eigenvalue weighted by Gasteiger charge is 2.05. The van der Waals surface area contributed by atoms with Gasteiger partial charge in [-0.05, 0) is 20.8 Å². The van der Waals surface area contributed by atoms with Crippen LogP contribution in [0.25, 0.3) is 0 Å². The van der Waals surface area contributed by atoms with Gasteiger partial charge in [0.25, 0.3) is 0 Å². The Labute approximate surface area is 111 Å². The van der Waals surface area contributed by atoms with Crippen LogP contribution in [0.15, 0.2) is 12.4 Å². The Hall–Kier alpha value is -2.18. The zero-order valence-corrected chi connectivity index (χ0v) is 11.3. The Balaban J connectivity index is 1.93. The van der Waals surface area contributed by atoms with E-state index in [0.29, 0.717) is 18.4 Å². The van der Waals surface area contributed by atoms with E-state index < -0.39 is 0 Å². The van der Waals surface area contributed by atoms with Crippen LogP contribution in [-0.4, -0.2) is 37.8 Å². The molecule has 2 rings (SSSR count). The van der Waals surface area contributed by atoms with Gasteiger partial charge < -0.3 is 10.1 Å². The van der Waals surface area contributed by atoms with Gasteiger partial charge in [-0.2, -0.15) is 10.1 Å². The van der Waals surface area contributed by atoms with E-state index >= 15 is 0 Å². The third-order valence-electron chi connectivity index (χ3n) is 2.30. The second kappa shape index (κ2) is 6.12. The highest BCUT2D eigenvalue weighted by atomic mass is 16.5. The Morgan fingerprint density at radius 2 is 2.21 bits per heavy atom. The lowest BCUT2D eigenvalue weighted by Crippen LogP contribution is -2.12. The first-order valence-corrected chi connectivity index (χ1v) is 6.24. The second-order valence-corrected chi connectivity index (χ2v) is 4.45. The molecule has 2 aromatic heterocycles. The molecule has 7 heteroatoms. The molecule has 0 spiro atoms. The molecular weight excluding hydrogens is 244 g/mol. The van der Waals surface area contributed by atoms with Crippen molar-refractivity contribution in [2.45, 2.75) is 33.3 Å². The number of anilines is 1. The van der Waals surface area contributed by atoms with E-state index in [2.05, 4.69) is 30.5 Å². The van der Waals surface area contributed by atoms with Gasteiger partial charge in [-0.25, -0.2) is 9.97 Å². The first-order chi connectivity index (χ1) is 9.13. The molecule has 0 unspecified atom stereocenters. The Morgan fingerprint density at radius 1 is 1.37 bits per heavy atom. The Morgan fingerprint density at radius 3 is 2.89 bits per heavy atom. The van der Waals surface area contributed by atoms with Crippen LogP contribution in [0.4, 0.5) is 5.95 Å². The monoisotopic (exact) mass is 262 g/mol. The fourth-order valence-corrected chi connectivity index (χ4v) is 1.56. The van der Waals surface area contributed by atoms with Crippen molar-refractivity contribution in [3.63, 3.8) is 0 Å². The van der Waals surface area contributed by atoms with Crippen LogP contribution in [0, 0.1) is 6.92 Å². The summed E-state index contributed by atoms with van der Waals surface area (Å²) in [6, 6.07) is 1.82. The van der Waals surface area contributed by atoms with Crippen molar-refractivity contribution in [2.75, 3.05) is 11.9 Å². The zero-order valence-electron chi connectivity index (χ0n) is 11.3. The number of aromatic amines is 1. The highest BCUT2D eigenvalue weighted by Crippen LogP contribution is 2.13. The number of ether oxygens (including phenoxy) is 1. The number of hydrogen-bond acceptors (Lipinski definition) is 6. The van der Waals surface area contributed by atoms with Crippen molar-refractivity contribution < 1.29 is 4.74 Å². The molecule has 0 bridgehead atoms. The number of aryl methyl sites for hydroxylation is 1. The Bertz CT molecular complexity index is 511. The van der Waals surface area contributed by atoms with Gasteiger partial charge in [0.2, 0.25) is 11.8 Å².